The molecule has 4 rings (SSSR count). The predicted molar refractivity (Wildman–Crippen MR) is 104 cm³/mol. The molecule has 3 aliphatic rings. The van der Waals surface area contributed by atoms with E-state index in [9.17, 15) is 18.0 Å². The fraction of sp³-hybridized carbons (Fsp3) is 0.579. The molecular weight excluding hydrogens is 402 g/mol. The second kappa shape index (κ2) is 7.40. The highest BCUT2D eigenvalue weighted by molar-refractivity contribution is 7.89. The van der Waals surface area contributed by atoms with Crippen molar-refractivity contribution in [3.05, 3.63) is 29.3 Å². The van der Waals surface area contributed by atoms with Crippen molar-refractivity contribution in [2.45, 2.75) is 37.0 Å². The minimum Gasteiger partial charge on any atom is -0.283 e. The number of hydrogen-bond donors (Lipinski definition) is 0. The van der Waals surface area contributed by atoms with E-state index in [1.54, 1.807) is 18.2 Å². The molecule has 3 fully saturated rings. The fourth-order valence-corrected chi connectivity index (χ4v) is 6.47. The quantitative estimate of drug-likeness (QED) is 0.689. The molecule has 2 saturated heterocycles. The van der Waals surface area contributed by atoms with Gasteiger partial charge in [0.15, 0.2) is 0 Å². The number of likely N-dealkylation sites (tertiary alicyclic amines) is 1. The van der Waals surface area contributed by atoms with E-state index in [1.807, 2.05) is 4.90 Å². The molecule has 0 unspecified atom stereocenters. The monoisotopic (exact) mass is 425 g/mol. The molecule has 7 nitrogen and oxygen atoms in total. The number of carbonyl (C=O) groups is 2. The normalized spacial score (nSPS) is 23.8. The van der Waals surface area contributed by atoms with Crippen LogP contribution in [-0.4, -0.2) is 67.2 Å². The summed E-state index contributed by atoms with van der Waals surface area (Å²) in [5.41, 5.74) is -0.466. The number of carbonyl (C=O) groups excluding carboxylic acids is 2. The molecule has 0 N–H and O–H groups in total. The lowest BCUT2D eigenvalue weighted by Gasteiger charge is -2.35. The van der Waals surface area contributed by atoms with Crippen LogP contribution in [0.3, 0.4) is 0 Å². The Labute approximate surface area is 170 Å². The molecule has 1 aromatic carbocycles. The Morgan fingerprint density at radius 2 is 1.64 bits per heavy atom. The minimum absolute atomic E-state index is 0.0406. The van der Waals surface area contributed by atoms with Crippen molar-refractivity contribution in [2.75, 3.05) is 32.8 Å². The molecule has 2 heterocycles. The average Bonchev–Trinajstić information content (AvgIpc) is 3.23. The lowest BCUT2D eigenvalue weighted by Crippen LogP contribution is -2.52. The van der Waals surface area contributed by atoms with Crippen molar-refractivity contribution in [2.24, 2.45) is 5.41 Å². The molecule has 28 heavy (non-hydrogen) atoms. The Morgan fingerprint density at radius 3 is 2.29 bits per heavy atom. The first kappa shape index (κ1) is 19.8. The summed E-state index contributed by atoms with van der Waals surface area (Å²) in [6.07, 6.45) is 3.94. The Kier molecular flexibility index (Phi) is 5.24. The third-order valence-electron chi connectivity index (χ3n) is 6.18. The van der Waals surface area contributed by atoms with Gasteiger partial charge in [-0.15, -0.1) is 0 Å². The van der Waals surface area contributed by atoms with Gasteiger partial charge in [-0.3, -0.25) is 19.4 Å². The molecule has 1 spiro atoms. The summed E-state index contributed by atoms with van der Waals surface area (Å²) in [6, 6.07) is 6.42. The Bertz CT molecular complexity index is 890. The van der Waals surface area contributed by atoms with Crippen molar-refractivity contribution in [1.29, 1.82) is 0 Å². The Hall–Kier alpha value is -1.48. The second-order valence-electron chi connectivity index (χ2n) is 7.89. The van der Waals surface area contributed by atoms with Gasteiger partial charge in [0.25, 0.3) is 0 Å². The number of amides is 2. The average molecular weight is 426 g/mol. The molecule has 152 valence electrons. The number of rotatable bonds is 4. The van der Waals surface area contributed by atoms with E-state index in [1.165, 1.54) is 15.3 Å². The van der Waals surface area contributed by atoms with Crippen molar-refractivity contribution < 1.29 is 18.0 Å². The minimum atomic E-state index is -3.66. The first-order valence-electron chi connectivity index (χ1n) is 9.65. The molecule has 2 amide bonds. The van der Waals surface area contributed by atoms with Crippen LogP contribution in [0.1, 0.15) is 32.1 Å². The highest BCUT2D eigenvalue weighted by Crippen LogP contribution is 2.46. The smallest absolute Gasteiger partial charge is 0.244 e. The van der Waals surface area contributed by atoms with Crippen molar-refractivity contribution in [3.8, 4) is 0 Å². The standard InChI is InChI=1S/C19H24ClN3O4S/c20-15-5-1-2-6-16(15)28(26,27)22-11-9-21(10-12-22)14-23-17(24)13-19(18(23)25)7-3-4-8-19/h1-2,5-6H,3-4,7-14H2. The highest BCUT2D eigenvalue weighted by atomic mass is 35.5. The van der Waals surface area contributed by atoms with Gasteiger partial charge >= 0.3 is 0 Å². The summed E-state index contributed by atoms with van der Waals surface area (Å²) in [5.74, 6) is -0.140. The van der Waals surface area contributed by atoms with Crippen LogP contribution in [0.15, 0.2) is 29.2 Å². The SMILES string of the molecule is O=C1CC2(CCCC2)C(=O)N1CN1CCN(S(=O)(=O)c2ccccc2Cl)CC1. The maximum Gasteiger partial charge on any atom is 0.244 e. The van der Waals surface area contributed by atoms with Gasteiger partial charge in [-0.1, -0.05) is 36.6 Å². The molecular formula is C19H24ClN3O4S. The van der Waals surface area contributed by atoms with Crippen molar-refractivity contribution >= 4 is 33.4 Å². The number of imide groups is 1. The van der Waals surface area contributed by atoms with E-state index in [2.05, 4.69) is 0 Å². The molecule has 0 radical (unpaired) electrons. The lowest BCUT2D eigenvalue weighted by atomic mass is 9.85. The molecule has 1 saturated carbocycles. The third-order valence-corrected chi connectivity index (χ3v) is 8.58. The summed E-state index contributed by atoms with van der Waals surface area (Å²) in [7, 11) is -3.66. The van der Waals surface area contributed by atoms with E-state index in [-0.39, 0.29) is 28.4 Å². The van der Waals surface area contributed by atoms with Gasteiger partial charge in [-0.25, -0.2) is 8.42 Å². The van der Waals surface area contributed by atoms with Gasteiger partial charge < -0.3 is 0 Å². The topological polar surface area (TPSA) is 78.0 Å². The molecule has 0 aromatic heterocycles. The van der Waals surface area contributed by atoms with Gasteiger partial charge in [0.1, 0.15) is 4.90 Å². The molecule has 0 bridgehead atoms. The first-order chi connectivity index (χ1) is 13.3. The maximum absolute atomic E-state index is 12.8. The summed E-state index contributed by atoms with van der Waals surface area (Å²) >= 11 is 6.06. The Morgan fingerprint density at radius 1 is 1.00 bits per heavy atom. The van der Waals surface area contributed by atoms with Gasteiger partial charge in [-0.05, 0) is 25.0 Å². The molecule has 0 atom stereocenters. The van der Waals surface area contributed by atoms with Crippen LogP contribution in [0, 0.1) is 5.41 Å². The largest absolute Gasteiger partial charge is 0.283 e. The van der Waals surface area contributed by atoms with Crippen molar-refractivity contribution in [1.82, 2.24) is 14.1 Å². The highest BCUT2D eigenvalue weighted by Gasteiger charge is 2.52. The number of sulfonamides is 1. The van der Waals surface area contributed by atoms with Crippen LogP contribution >= 0.6 is 11.6 Å². The summed E-state index contributed by atoms with van der Waals surface area (Å²) in [4.78, 5) is 28.7. The van der Waals surface area contributed by atoms with Gasteiger partial charge in [0.05, 0.1) is 17.1 Å². The van der Waals surface area contributed by atoms with E-state index in [4.69, 9.17) is 11.6 Å². The third kappa shape index (κ3) is 3.36. The van der Waals surface area contributed by atoms with Gasteiger partial charge in [0.2, 0.25) is 21.8 Å². The summed E-state index contributed by atoms with van der Waals surface area (Å²) < 4.78 is 27.1. The van der Waals surface area contributed by atoms with E-state index >= 15 is 0 Å². The van der Waals surface area contributed by atoms with E-state index in [0.717, 1.165) is 25.7 Å². The first-order valence-corrected chi connectivity index (χ1v) is 11.5. The molecule has 1 aliphatic carbocycles. The zero-order chi connectivity index (χ0) is 19.9. The van der Waals surface area contributed by atoms with Gasteiger partial charge in [-0.2, -0.15) is 4.31 Å². The summed E-state index contributed by atoms with van der Waals surface area (Å²) in [5, 5.41) is 0.208. The second-order valence-corrected chi connectivity index (χ2v) is 10.2. The Balaban J connectivity index is 1.39. The van der Waals surface area contributed by atoms with E-state index < -0.39 is 15.4 Å². The van der Waals surface area contributed by atoms with Crippen LogP contribution < -0.4 is 0 Å². The number of hydrogen-bond acceptors (Lipinski definition) is 5. The molecule has 9 heteroatoms. The number of piperazine rings is 1. The van der Waals surface area contributed by atoms with Crippen LogP contribution in [-0.2, 0) is 19.6 Å². The zero-order valence-electron chi connectivity index (χ0n) is 15.6. The predicted octanol–water partition coefficient (Wildman–Crippen LogP) is 1.92. The van der Waals surface area contributed by atoms with Gasteiger partial charge in [0, 0.05) is 32.6 Å². The maximum atomic E-state index is 12.8. The fourth-order valence-electron chi connectivity index (χ4n) is 4.55. The van der Waals surface area contributed by atoms with Crippen LogP contribution in [0.5, 0.6) is 0 Å². The zero-order valence-corrected chi connectivity index (χ0v) is 17.2. The number of benzene rings is 1. The van der Waals surface area contributed by atoms with Crippen LogP contribution in [0.4, 0.5) is 0 Å². The molecule has 2 aliphatic heterocycles. The number of halogens is 1. The summed E-state index contributed by atoms with van der Waals surface area (Å²) in [6.45, 7) is 1.78. The lowest BCUT2D eigenvalue weighted by molar-refractivity contribution is -0.144. The van der Waals surface area contributed by atoms with Crippen LogP contribution in [0.25, 0.3) is 0 Å². The van der Waals surface area contributed by atoms with E-state index in [0.29, 0.717) is 32.6 Å². The van der Waals surface area contributed by atoms with Crippen LogP contribution in [0.2, 0.25) is 5.02 Å². The number of nitrogens with zero attached hydrogens (tertiary/aromatic N) is 3. The molecule has 1 aromatic rings. The van der Waals surface area contributed by atoms with Crippen molar-refractivity contribution in [3.63, 3.8) is 0 Å².